The number of rotatable bonds is 5. The zero-order chi connectivity index (χ0) is 21.4. The SMILES string of the molecule is Cc1ccccc1NC(=O)C(C)N1C[C@H]2CCC[C@@]2(c2nc(-c3cccnc3)no2)C1. The molecule has 1 aliphatic heterocycles. The van der Waals surface area contributed by atoms with Gasteiger partial charge in [0.15, 0.2) is 0 Å². The Morgan fingerprint density at radius 1 is 1.29 bits per heavy atom. The van der Waals surface area contributed by atoms with Crippen LogP contribution in [0.4, 0.5) is 5.69 Å². The molecule has 160 valence electrons. The van der Waals surface area contributed by atoms with Crippen LogP contribution < -0.4 is 5.32 Å². The number of aromatic nitrogens is 3. The maximum Gasteiger partial charge on any atom is 0.241 e. The van der Waals surface area contributed by atoms with E-state index >= 15 is 0 Å². The first kappa shape index (κ1) is 19.9. The highest BCUT2D eigenvalue weighted by molar-refractivity contribution is 5.95. The summed E-state index contributed by atoms with van der Waals surface area (Å²) in [6.07, 6.45) is 6.75. The fourth-order valence-corrected chi connectivity index (χ4v) is 5.13. The molecule has 1 saturated heterocycles. The number of carbonyl (C=O) groups excluding carboxylic acids is 1. The molecule has 31 heavy (non-hydrogen) atoms. The molecule has 0 spiro atoms. The van der Waals surface area contributed by atoms with E-state index in [4.69, 9.17) is 9.51 Å². The molecule has 7 heteroatoms. The molecular weight excluding hydrogens is 390 g/mol. The molecule has 7 nitrogen and oxygen atoms in total. The summed E-state index contributed by atoms with van der Waals surface area (Å²) in [6.45, 7) is 5.61. The lowest BCUT2D eigenvalue weighted by Gasteiger charge is -2.27. The van der Waals surface area contributed by atoms with Crippen LogP contribution >= 0.6 is 0 Å². The van der Waals surface area contributed by atoms with Gasteiger partial charge in [-0.2, -0.15) is 4.98 Å². The molecule has 5 rings (SSSR count). The molecular formula is C24H27N5O2. The molecule has 1 aliphatic carbocycles. The predicted octanol–water partition coefficient (Wildman–Crippen LogP) is 3.82. The lowest BCUT2D eigenvalue weighted by molar-refractivity contribution is -0.120. The van der Waals surface area contributed by atoms with E-state index in [0.29, 0.717) is 17.6 Å². The fraction of sp³-hybridized carbons (Fsp3) is 0.417. The normalized spacial score (nSPS) is 24.1. The van der Waals surface area contributed by atoms with Crippen molar-refractivity contribution in [2.45, 2.75) is 44.6 Å². The minimum atomic E-state index is -0.234. The standard InChI is InChI=1S/C24H27N5O2/c1-16-7-3-4-10-20(16)26-22(30)17(2)29-14-19-9-5-11-24(19,15-29)23-27-21(28-31-23)18-8-6-12-25-13-18/h3-4,6-8,10,12-13,17,19H,5,9,11,14-15H2,1-2H3,(H,26,30)/t17?,19-,24-/m1/s1. The summed E-state index contributed by atoms with van der Waals surface area (Å²) < 4.78 is 5.79. The van der Waals surface area contributed by atoms with Gasteiger partial charge < -0.3 is 9.84 Å². The van der Waals surface area contributed by atoms with Crippen LogP contribution in [0.25, 0.3) is 11.4 Å². The maximum absolute atomic E-state index is 13.0. The number of benzene rings is 1. The molecule has 0 bridgehead atoms. The summed E-state index contributed by atoms with van der Waals surface area (Å²) in [7, 11) is 0. The third kappa shape index (κ3) is 3.53. The number of amides is 1. The van der Waals surface area contributed by atoms with Crippen LogP contribution in [0.2, 0.25) is 0 Å². The lowest BCUT2D eigenvalue weighted by Crippen LogP contribution is -2.42. The van der Waals surface area contributed by atoms with Crippen molar-refractivity contribution in [2.24, 2.45) is 5.92 Å². The van der Waals surface area contributed by atoms with E-state index in [1.54, 1.807) is 12.4 Å². The van der Waals surface area contributed by atoms with E-state index in [-0.39, 0.29) is 17.4 Å². The number of hydrogen-bond acceptors (Lipinski definition) is 6. The molecule has 3 heterocycles. The van der Waals surface area contributed by atoms with Gasteiger partial charge in [0.25, 0.3) is 0 Å². The van der Waals surface area contributed by atoms with E-state index in [2.05, 4.69) is 20.4 Å². The minimum Gasteiger partial charge on any atom is -0.338 e. The summed E-state index contributed by atoms with van der Waals surface area (Å²) in [5.41, 5.74) is 2.60. The number of anilines is 1. The van der Waals surface area contributed by atoms with Crippen molar-refractivity contribution < 1.29 is 9.32 Å². The number of aryl methyl sites for hydroxylation is 1. The zero-order valence-corrected chi connectivity index (χ0v) is 17.9. The van der Waals surface area contributed by atoms with Gasteiger partial charge in [-0.1, -0.05) is 29.8 Å². The summed E-state index contributed by atoms with van der Waals surface area (Å²) in [4.78, 5) is 24.2. The van der Waals surface area contributed by atoms with Crippen LogP contribution in [0.3, 0.4) is 0 Å². The molecule has 3 aromatic rings. The average molecular weight is 418 g/mol. The number of carbonyl (C=O) groups is 1. The fourth-order valence-electron chi connectivity index (χ4n) is 5.13. The number of para-hydroxylation sites is 1. The Kier molecular flexibility index (Phi) is 5.06. The highest BCUT2D eigenvalue weighted by atomic mass is 16.5. The van der Waals surface area contributed by atoms with Gasteiger partial charge in [-0.15, -0.1) is 0 Å². The van der Waals surface area contributed by atoms with Gasteiger partial charge in [0, 0.05) is 36.7 Å². The Bertz CT molecular complexity index is 1080. The van der Waals surface area contributed by atoms with E-state index < -0.39 is 0 Å². The highest BCUT2D eigenvalue weighted by Gasteiger charge is 2.55. The van der Waals surface area contributed by atoms with E-state index in [0.717, 1.165) is 49.2 Å². The van der Waals surface area contributed by atoms with Crippen molar-refractivity contribution in [3.05, 3.63) is 60.2 Å². The van der Waals surface area contributed by atoms with Gasteiger partial charge in [-0.25, -0.2) is 0 Å². The van der Waals surface area contributed by atoms with Crippen molar-refractivity contribution in [1.29, 1.82) is 0 Å². The molecule has 1 aromatic carbocycles. The van der Waals surface area contributed by atoms with Gasteiger partial charge in [-0.3, -0.25) is 14.7 Å². The van der Waals surface area contributed by atoms with Crippen LogP contribution in [-0.2, 0) is 10.2 Å². The first-order valence-electron chi connectivity index (χ1n) is 10.9. The predicted molar refractivity (Wildman–Crippen MR) is 117 cm³/mol. The van der Waals surface area contributed by atoms with Crippen LogP contribution in [0.15, 0.2) is 53.3 Å². The van der Waals surface area contributed by atoms with Crippen molar-refractivity contribution >= 4 is 11.6 Å². The second-order valence-electron chi connectivity index (χ2n) is 8.82. The van der Waals surface area contributed by atoms with Crippen LogP contribution in [0.5, 0.6) is 0 Å². The molecule has 3 atom stereocenters. The molecule has 0 radical (unpaired) electrons. The van der Waals surface area contributed by atoms with E-state index in [9.17, 15) is 4.79 Å². The molecule has 2 aliphatic rings. The minimum absolute atomic E-state index is 0.0194. The summed E-state index contributed by atoms with van der Waals surface area (Å²) >= 11 is 0. The van der Waals surface area contributed by atoms with Gasteiger partial charge in [0.1, 0.15) is 0 Å². The topological polar surface area (TPSA) is 84.2 Å². The Labute approximate surface area is 181 Å². The second-order valence-corrected chi connectivity index (χ2v) is 8.82. The quantitative estimate of drug-likeness (QED) is 0.679. The highest BCUT2D eigenvalue weighted by Crippen LogP contribution is 2.50. The van der Waals surface area contributed by atoms with E-state index in [1.165, 1.54) is 0 Å². The van der Waals surface area contributed by atoms with Crippen molar-refractivity contribution in [3.8, 4) is 11.4 Å². The molecule has 2 fully saturated rings. The largest absolute Gasteiger partial charge is 0.338 e. The van der Waals surface area contributed by atoms with Crippen molar-refractivity contribution in [3.63, 3.8) is 0 Å². The summed E-state index contributed by atoms with van der Waals surface area (Å²) in [6, 6.07) is 11.4. The Morgan fingerprint density at radius 2 is 2.16 bits per heavy atom. The molecule has 1 amide bonds. The van der Waals surface area contributed by atoms with Gasteiger partial charge >= 0.3 is 0 Å². The number of likely N-dealkylation sites (tertiary alicyclic amines) is 1. The summed E-state index contributed by atoms with van der Waals surface area (Å²) in [5.74, 6) is 1.71. The average Bonchev–Trinajstić information content (AvgIpc) is 3.50. The van der Waals surface area contributed by atoms with Crippen molar-refractivity contribution in [2.75, 3.05) is 18.4 Å². The Morgan fingerprint density at radius 3 is 2.97 bits per heavy atom. The van der Waals surface area contributed by atoms with Gasteiger partial charge in [0.2, 0.25) is 17.6 Å². The number of pyridine rings is 1. The molecule has 2 aromatic heterocycles. The molecule has 1 N–H and O–H groups in total. The van der Waals surface area contributed by atoms with Crippen LogP contribution in [0.1, 0.15) is 37.6 Å². The van der Waals surface area contributed by atoms with Crippen molar-refractivity contribution in [1.82, 2.24) is 20.0 Å². The summed E-state index contributed by atoms with van der Waals surface area (Å²) in [5, 5.41) is 7.32. The first-order valence-corrected chi connectivity index (χ1v) is 10.9. The molecule has 1 unspecified atom stereocenters. The molecule has 1 saturated carbocycles. The first-order chi connectivity index (χ1) is 15.1. The third-order valence-corrected chi connectivity index (χ3v) is 7.00. The maximum atomic E-state index is 13.0. The van der Waals surface area contributed by atoms with E-state index in [1.807, 2.05) is 50.2 Å². The number of nitrogens with one attached hydrogen (secondary N) is 1. The van der Waals surface area contributed by atoms with Gasteiger partial charge in [0.05, 0.1) is 11.5 Å². The number of fused-ring (bicyclic) bond motifs is 1. The van der Waals surface area contributed by atoms with Crippen LogP contribution in [-0.4, -0.2) is 45.1 Å². The Hall–Kier alpha value is -3.06. The van der Waals surface area contributed by atoms with Crippen LogP contribution in [0, 0.1) is 12.8 Å². The smallest absolute Gasteiger partial charge is 0.241 e. The monoisotopic (exact) mass is 417 g/mol. The Balaban J connectivity index is 1.35. The van der Waals surface area contributed by atoms with Gasteiger partial charge in [-0.05, 0) is 56.4 Å². The third-order valence-electron chi connectivity index (χ3n) is 7.00. The lowest BCUT2D eigenvalue weighted by atomic mass is 9.80. The zero-order valence-electron chi connectivity index (χ0n) is 17.9. The second kappa shape index (κ2) is 7.89. The number of nitrogens with zero attached hydrogens (tertiary/aromatic N) is 4. The number of hydrogen-bond donors (Lipinski definition) is 1.